The summed E-state index contributed by atoms with van der Waals surface area (Å²) in [5.41, 5.74) is 3.38. The first-order chi connectivity index (χ1) is 18.6. The molecule has 198 valence electrons. The summed E-state index contributed by atoms with van der Waals surface area (Å²) in [5, 5.41) is 5.45. The van der Waals surface area contributed by atoms with Gasteiger partial charge in [0.1, 0.15) is 0 Å². The molecule has 0 radical (unpaired) electrons. The Balaban J connectivity index is 1.49. The molecule has 0 fully saturated rings. The van der Waals surface area contributed by atoms with Crippen molar-refractivity contribution in [2.45, 2.75) is 25.2 Å². The molecule has 4 aromatic carbocycles. The Kier molecular flexibility index (Phi) is 8.36. The zero-order valence-electron chi connectivity index (χ0n) is 21.6. The van der Waals surface area contributed by atoms with Gasteiger partial charge in [-0.2, -0.15) is 0 Å². The predicted molar refractivity (Wildman–Crippen MR) is 152 cm³/mol. The van der Waals surface area contributed by atoms with Crippen molar-refractivity contribution in [2.24, 2.45) is 0 Å². The number of hydrogen-bond acceptors (Lipinski definition) is 5. The van der Waals surface area contributed by atoms with Crippen LogP contribution >= 0.6 is 0 Å². The van der Waals surface area contributed by atoms with Gasteiger partial charge in [0, 0.05) is 17.5 Å². The second-order valence-corrected chi connectivity index (χ2v) is 11.3. The van der Waals surface area contributed by atoms with Crippen LogP contribution in [0.2, 0.25) is 0 Å². The quantitative estimate of drug-likeness (QED) is 0.269. The maximum atomic E-state index is 13.3. The molecule has 4 aromatic rings. The number of carbonyl (C=O) groups is 3. The van der Waals surface area contributed by atoms with Crippen molar-refractivity contribution < 1.29 is 22.8 Å². The number of ketones is 1. The molecular formula is C31H28N2O5S. The van der Waals surface area contributed by atoms with Crippen molar-refractivity contribution in [2.75, 3.05) is 16.4 Å². The molecule has 0 spiro atoms. The molecule has 0 saturated heterocycles. The monoisotopic (exact) mass is 540 g/mol. The van der Waals surface area contributed by atoms with Crippen LogP contribution in [0.1, 0.15) is 43.8 Å². The van der Waals surface area contributed by atoms with Crippen molar-refractivity contribution in [3.63, 3.8) is 0 Å². The lowest BCUT2D eigenvalue weighted by Gasteiger charge is -2.14. The van der Waals surface area contributed by atoms with Gasteiger partial charge < -0.3 is 10.6 Å². The molecule has 39 heavy (non-hydrogen) atoms. The van der Waals surface area contributed by atoms with Gasteiger partial charge >= 0.3 is 0 Å². The highest BCUT2D eigenvalue weighted by Crippen LogP contribution is 2.24. The van der Waals surface area contributed by atoms with E-state index >= 15 is 0 Å². The van der Waals surface area contributed by atoms with Crippen molar-refractivity contribution in [3.8, 4) is 0 Å². The molecule has 0 aliphatic heterocycles. The Morgan fingerprint density at radius 3 is 2.00 bits per heavy atom. The SMILES string of the molecule is Cc1ccc(S(=O)(=O)CCC(=O)Nc2ccccc2C(=O)Nc2ccc(C)cc2C(=O)c2ccccc2)cc1. The van der Waals surface area contributed by atoms with E-state index in [4.69, 9.17) is 0 Å². The number of anilines is 2. The molecule has 8 heteroatoms. The van der Waals surface area contributed by atoms with Gasteiger partial charge in [0.05, 0.1) is 27.6 Å². The summed E-state index contributed by atoms with van der Waals surface area (Å²) in [5.74, 6) is -1.67. The van der Waals surface area contributed by atoms with Gasteiger partial charge in [-0.15, -0.1) is 0 Å². The number of amides is 2. The third kappa shape index (κ3) is 6.86. The lowest BCUT2D eigenvalue weighted by molar-refractivity contribution is -0.115. The fourth-order valence-corrected chi connectivity index (χ4v) is 5.22. The smallest absolute Gasteiger partial charge is 0.257 e. The van der Waals surface area contributed by atoms with E-state index in [1.54, 1.807) is 78.9 Å². The van der Waals surface area contributed by atoms with E-state index in [1.807, 2.05) is 19.9 Å². The largest absolute Gasteiger partial charge is 0.325 e. The summed E-state index contributed by atoms with van der Waals surface area (Å²) in [4.78, 5) is 39.3. The molecular weight excluding hydrogens is 512 g/mol. The zero-order chi connectivity index (χ0) is 28.0. The molecule has 0 saturated carbocycles. The first kappa shape index (κ1) is 27.5. The Hall–Kier alpha value is -4.56. The van der Waals surface area contributed by atoms with Crippen LogP contribution < -0.4 is 10.6 Å². The summed E-state index contributed by atoms with van der Waals surface area (Å²) in [6, 6.07) is 26.8. The molecule has 2 amide bonds. The topological polar surface area (TPSA) is 109 Å². The van der Waals surface area contributed by atoms with Gasteiger partial charge in [0.2, 0.25) is 5.91 Å². The minimum Gasteiger partial charge on any atom is -0.325 e. The highest BCUT2D eigenvalue weighted by atomic mass is 32.2. The lowest BCUT2D eigenvalue weighted by atomic mass is 9.99. The highest BCUT2D eigenvalue weighted by molar-refractivity contribution is 7.91. The Morgan fingerprint density at radius 1 is 0.667 bits per heavy atom. The summed E-state index contributed by atoms with van der Waals surface area (Å²) in [6.07, 6.45) is -0.278. The molecule has 2 N–H and O–H groups in total. The molecule has 7 nitrogen and oxygen atoms in total. The highest BCUT2D eigenvalue weighted by Gasteiger charge is 2.20. The second-order valence-electron chi connectivity index (χ2n) is 9.17. The zero-order valence-corrected chi connectivity index (χ0v) is 22.4. The molecule has 0 unspecified atom stereocenters. The first-order valence-corrected chi connectivity index (χ1v) is 14.0. The molecule has 0 atom stereocenters. The normalized spacial score (nSPS) is 11.0. The lowest BCUT2D eigenvalue weighted by Crippen LogP contribution is -2.21. The number of sulfone groups is 1. The Labute approximate surface area is 227 Å². The molecule has 0 aliphatic rings. The third-order valence-corrected chi connectivity index (χ3v) is 7.86. The van der Waals surface area contributed by atoms with Crippen LogP contribution in [0.4, 0.5) is 11.4 Å². The summed E-state index contributed by atoms with van der Waals surface area (Å²) >= 11 is 0. The van der Waals surface area contributed by atoms with E-state index in [-0.39, 0.29) is 34.1 Å². The van der Waals surface area contributed by atoms with E-state index in [2.05, 4.69) is 10.6 Å². The Bertz CT molecular complexity index is 1630. The van der Waals surface area contributed by atoms with E-state index in [9.17, 15) is 22.8 Å². The Morgan fingerprint density at radius 2 is 1.28 bits per heavy atom. The van der Waals surface area contributed by atoms with E-state index in [0.29, 0.717) is 16.8 Å². The number of para-hydroxylation sites is 1. The van der Waals surface area contributed by atoms with Gasteiger partial charge in [0.15, 0.2) is 15.6 Å². The van der Waals surface area contributed by atoms with E-state index in [1.165, 1.54) is 12.1 Å². The van der Waals surface area contributed by atoms with Crippen molar-refractivity contribution in [1.82, 2.24) is 0 Å². The molecule has 0 aliphatic carbocycles. The number of aryl methyl sites for hydroxylation is 2. The molecule has 0 bridgehead atoms. The number of carbonyl (C=O) groups excluding carboxylic acids is 3. The number of hydrogen-bond donors (Lipinski definition) is 2. The summed E-state index contributed by atoms with van der Waals surface area (Å²) in [7, 11) is -3.64. The molecule has 4 rings (SSSR count). The number of benzene rings is 4. The number of nitrogens with one attached hydrogen (secondary N) is 2. The van der Waals surface area contributed by atoms with Gasteiger partial charge in [-0.05, 0) is 50.2 Å². The average Bonchev–Trinajstić information content (AvgIpc) is 2.93. The minimum atomic E-state index is -3.64. The second kappa shape index (κ2) is 11.9. The van der Waals surface area contributed by atoms with Crippen LogP contribution in [0, 0.1) is 13.8 Å². The van der Waals surface area contributed by atoms with Crippen molar-refractivity contribution in [1.29, 1.82) is 0 Å². The van der Waals surface area contributed by atoms with Crippen molar-refractivity contribution >= 4 is 38.8 Å². The predicted octanol–water partition coefficient (Wildman–Crippen LogP) is 5.59. The average molecular weight is 541 g/mol. The third-order valence-electron chi connectivity index (χ3n) is 6.13. The summed E-state index contributed by atoms with van der Waals surface area (Å²) < 4.78 is 25.2. The van der Waals surface area contributed by atoms with Crippen molar-refractivity contribution in [3.05, 3.63) is 125 Å². The van der Waals surface area contributed by atoms with Gasteiger partial charge in [-0.1, -0.05) is 71.8 Å². The van der Waals surface area contributed by atoms with Crippen LogP contribution in [0.5, 0.6) is 0 Å². The van der Waals surface area contributed by atoms with Gasteiger partial charge in [-0.25, -0.2) is 8.42 Å². The van der Waals surface area contributed by atoms with Gasteiger partial charge in [0.25, 0.3) is 5.91 Å². The minimum absolute atomic E-state index is 0.152. The fraction of sp³-hybridized carbons (Fsp3) is 0.129. The van der Waals surface area contributed by atoms with E-state index in [0.717, 1.165) is 11.1 Å². The van der Waals surface area contributed by atoms with Crippen LogP contribution in [0.3, 0.4) is 0 Å². The first-order valence-electron chi connectivity index (χ1n) is 12.3. The van der Waals surface area contributed by atoms with Crippen LogP contribution in [0.15, 0.2) is 102 Å². The summed E-state index contributed by atoms with van der Waals surface area (Å²) in [6.45, 7) is 3.72. The molecule has 0 aromatic heterocycles. The maximum Gasteiger partial charge on any atom is 0.257 e. The standard InChI is InChI=1S/C31H28N2O5S/c1-21-12-15-24(16-13-21)39(37,38)19-18-29(34)32-27-11-7-6-10-25(27)31(36)33-28-17-14-22(2)20-26(28)30(35)23-8-4-3-5-9-23/h3-17,20H,18-19H2,1-2H3,(H,32,34)(H,33,36). The number of rotatable bonds is 9. The van der Waals surface area contributed by atoms with Crippen LogP contribution in [-0.2, 0) is 14.6 Å². The fourth-order valence-electron chi connectivity index (χ4n) is 3.98. The van der Waals surface area contributed by atoms with Gasteiger partial charge in [-0.3, -0.25) is 14.4 Å². The van der Waals surface area contributed by atoms with Crippen LogP contribution in [-0.4, -0.2) is 31.8 Å². The maximum absolute atomic E-state index is 13.3. The van der Waals surface area contributed by atoms with E-state index < -0.39 is 21.7 Å². The van der Waals surface area contributed by atoms with Crippen LogP contribution in [0.25, 0.3) is 0 Å². The molecule has 0 heterocycles.